The number of aliphatic imine (C=N–C) groups is 2. The maximum absolute atomic E-state index is 11.6. The Labute approximate surface area is 110 Å². The van der Waals surface area contributed by atoms with Crippen LogP contribution in [0.4, 0.5) is 0 Å². The molecule has 3 atom stereocenters. The highest BCUT2D eigenvalue weighted by Crippen LogP contribution is 2.24. The average Bonchev–Trinajstić information content (AvgIpc) is 2.95. The van der Waals surface area contributed by atoms with Crippen LogP contribution in [0, 0.1) is 5.92 Å². The Morgan fingerprint density at radius 2 is 2.32 bits per heavy atom. The molecule has 3 rings (SSSR count). The molecule has 0 spiro atoms. The minimum absolute atomic E-state index is 0.0131. The molecule has 19 heavy (non-hydrogen) atoms. The van der Waals surface area contributed by atoms with E-state index in [1.54, 1.807) is 6.21 Å². The fourth-order valence-electron chi connectivity index (χ4n) is 2.68. The molecular formula is C12H16N4O3. The number of β-amino-alcohol motifs (C(OH)–C–C–N with tert-alkyl or cyclic N) is 1. The molecule has 0 aliphatic carbocycles. The van der Waals surface area contributed by atoms with Gasteiger partial charge in [0.15, 0.2) is 6.04 Å². The van der Waals surface area contributed by atoms with E-state index in [1.807, 2.05) is 4.90 Å². The Morgan fingerprint density at radius 3 is 3.05 bits per heavy atom. The quantitative estimate of drug-likeness (QED) is 0.556. The molecule has 3 N–H and O–H groups in total. The van der Waals surface area contributed by atoms with Gasteiger partial charge in [-0.25, -0.2) is 4.99 Å². The second-order valence-electron chi connectivity index (χ2n) is 5.06. The summed E-state index contributed by atoms with van der Waals surface area (Å²) in [6.07, 6.45) is 2.57. The van der Waals surface area contributed by atoms with Crippen LogP contribution in [-0.2, 0) is 4.79 Å². The van der Waals surface area contributed by atoms with E-state index in [0.717, 1.165) is 5.57 Å². The zero-order valence-electron chi connectivity index (χ0n) is 10.4. The minimum atomic E-state index is -0.527. The van der Waals surface area contributed by atoms with Crippen molar-refractivity contribution in [3.8, 4) is 0 Å². The number of fused-ring (bicyclic) bond motifs is 1. The minimum Gasteiger partial charge on any atom is -0.396 e. The molecule has 0 aromatic heterocycles. The van der Waals surface area contributed by atoms with Gasteiger partial charge in [0.25, 0.3) is 5.91 Å². The van der Waals surface area contributed by atoms with E-state index in [1.165, 1.54) is 6.34 Å². The van der Waals surface area contributed by atoms with Crippen LogP contribution in [0.1, 0.15) is 0 Å². The first-order valence-corrected chi connectivity index (χ1v) is 6.29. The highest BCUT2D eigenvalue weighted by molar-refractivity contribution is 6.01. The Balaban J connectivity index is 1.73. The van der Waals surface area contributed by atoms with E-state index in [-0.39, 0.29) is 18.4 Å². The number of likely N-dealkylation sites (tertiary alicyclic amines) is 1. The van der Waals surface area contributed by atoms with Gasteiger partial charge in [-0.05, 0) is 0 Å². The van der Waals surface area contributed by atoms with Gasteiger partial charge in [0, 0.05) is 43.9 Å². The van der Waals surface area contributed by atoms with E-state index in [4.69, 9.17) is 5.11 Å². The number of aliphatic hydroxyl groups is 2. The molecule has 0 aromatic rings. The van der Waals surface area contributed by atoms with Crippen molar-refractivity contribution in [2.24, 2.45) is 15.9 Å². The maximum Gasteiger partial charge on any atom is 0.256 e. The van der Waals surface area contributed by atoms with Gasteiger partial charge in [-0.2, -0.15) is 0 Å². The number of nitrogens with one attached hydrogen (secondary N) is 1. The summed E-state index contributed by atoms with van der Waals surface area (Å²) >= 11 is 0. The van der Waals surface area contributed by atoms with Gasteiger partial charge >= 0.3 is 0 Å². The topological polar surface area (TPSA) is 97.5 Å². The second-order valence-corrected chi connectivity index (χ2v) is 5.06. The molecule has 7 heteroatoms. The van der Waals surface area contributed by atoms with Crippen LogP contribution >= 0.6 is 0 Å². The SMILES string of the molecule is O=C1NC=NC2=C(CN3C[C@H](CO)[C@@H](O)C3)C=NC12. The predicted molar refractivity (Wildman–Crippen MR) is 69.0 cm³/mol. The van der Waals surface area contributed by atoms with Gasteiger partial charge in [-0.1, -0.05) is 0 Å². The molecule has 0 aromatic carbocycles. The zero-order chi connectivity index (χ0) is 13.4. The molecule has 7 nitrogen and oxygen atoms in total. The first kappa shape index (κ1) is 12.5. The van der Waals surface area contributed by atoms with Gasteiger partial charge in [-0.15, -0.1) is 0 Å². The first-order valence-electron chi connectivity index (χ1n) is 6.29. The van der Waals surface area contributed by atoms with E-state index < -0.39 is 12.1 Å². The molecule has 1 amide bonds. The van der Waals surface area contributed by atoms with Crippen LogP contribution in [0.15, 0.2) is 21.3 Å². The number of rotatable bonds is 3. The van der Waals surface area contributed by atoms with E-state index in [0.29, 0.717) is 25.3 Å². The summed E-state index contributed by atoms with van der Waals surface area (Å²) in [4.78, 5) is 22.0. The van der Waals surface area contributed by atoms with Gasteiger partial charge in [0.05, 0.1) is 18.1 Å². The zero-order valence-corrected chi connectivity index (χ0v) is 10.4. The van der Waals surface area contributed by atoms with Crippen LogP contribution < -0.4 is 5.32 Å². The summed E-state index contributed by atoms with van der Waals surface area (Å²) < 4.78 is 0. The largest absolute Gasteiger partial charge is 0.396 e. The van der Waals surface area contributed by atoms with Crippen LogP contribution in [0.3, 0.4) is 0 Å². The Kier molecular flexibility index (Phi) is 3.17. The molecule has 1 fully saturated rings. The molecule has 1 unspecified atom stereocenters. The van der Waals surface area contributed by atoms with Crippen LogP contribution in [0.5, 0.6) is 0 Å². The molecule has 1 saturated heterocycles. The smallest absolute Gasteiger partial charge is 0.256 e. The Hall–Kier alpha value is -1.57. The van der Waals surface area contributed by atoms with Crippen molar-refractivity contribution in [1.82, 2.24) is 10.2 Å². The monoisotopic (exact) mass is 264 g/mol. The molecule has 0 saturated carbocycles. The lowest BCUT2D eigenvalue weighted by atomic mass is 10.1. The van der Waals surface area contributed by atoms with Crippen LogP contribution in [-0.4, -0.2) is 72.0 Å². The van der Waals surface area contributed by atoms with E-state index >= 15 is 0 Å². The third-order valence-electron chi connectivity index (χ3n) is 3.74. The van der Waals surface area contributed by atoms with Gasteiger partial charge in [0.2, 0.25) is 0 Å². The fourth-order valence-corrected chi connectivity index (χ4v) is 2.68. The number of aliphatic hydroxyl groups excluding tert-OH is 2. The molecule has 3 aliphatic heterocycles. The molecule has 102 valence electrons. The Bertz CT molecular complexity index is 485. The number of nitrogens with zero attached hydrogens (tertiary/aromatic N) is 3. The van der Waals surface area contributed by atoms with Crippen molar-refractivity contribution in [2.45, 2.75) is 12.1 Å². The predicted octanol–water partition coefficient (Wildman–Crippen LogP) is -1.86. The highest BCUT2D eigenvalue weighted by Gasteiger charge is 2.34. The van der Waals surface area contributed by atoms with Crippen molar-refractivity contribution in [3.05, 3.63) is 11.3 Å². The number of amides is 1. The fraction of sp³-hybridized carbons (Fsp3) is 0.583. The third-order valence-corrected chi connectivity index (χ3v) is 3.74. The van der Waals surface area contributed by atoms with Gasteiger partial charge in [0.1, 0.15) is 0 Å². The molecule has 3 heterocycles. The number of carbonyl (C=O) groups excluding carboxylic acids is 1. The standard InChI is InChI=1S/C12H16N4O3/c17-5-8-3-16(4-9(8)18)2-7-1-13-11-10(7)14-6-15-12(11)19/h1,6,8-9,11,17-18H,2-5H2,(H,14,15,19)/t8-,9+,11?/m1/s1. The third kappa shape index (κ3) is 2.20. The molecular weight excluding hydrogens is 248 g/mol. The summed E-state index contributed by atoms with van der Waals surface area (Å²) in [5.41, 5.74) is 1.59. The van der Waals surface area contributed by atoms with Gasteiger partial charge in [-0.3, -0.25) is 14.7 Å². The average molecular weight is 264 g/mol. The highest BCUT2D eigenvalue weighted by atomic mass is 16.3. The summed E-state index contributed by atoms with van der Waals surface area (Å²) in [6, 6.07) is -0.527. The Morgan fingerprint density at radius 1 is 1.47 bits per heavy atom. The summed E-state index contributed by atoms with van der Waals surface area (Å²) in [7, 11) is 0. The van der Waals surface area contributed by atoms with Crippen molar-refractivity contribution in [3.63, 3.8) is 0 Å². The lowest BCUT2D eigenvalue weighted by molar-refractivity contribution is -0.120. The normalized spacial score (nSPS) is 34.0. The lowest BCUT2D eigenvalue weighted by Crippen LogP contribution is -2.36. The van der Waals surface area contributed by atoms with E-state index in [2.05, 4.69) is 15.3 Å². The number of hydrogen-bond acceptors (Lipinski definition) is 6. The van der Waals surface area contributed by atoms with Crippen molar-refractivity contribution in [1.29, 1.82) is 0 Å². The number of hydrogen-bond donors (Lipinski definition) is 3. The summed E-state index contributed by atoms with van der Waals surface area (Å²) in [5, 5.41) is 21.4. The molecule has 3 aliphatic rings. The molecule has 0 bridgehead atoms. The summed E-state index contributed by atoms with van der Waals surface area (Å²) in [5.74, 6) is -0.260. The van der Waals surface area contributed by atoms with E-state index in [9.17, 15) is 9.90 Å². The second kappa shape index (κ2) is 4.84. The van der Waals surface area contributed by atoms with Gasteiger partial charge < -0.3 is 15.5 Å². The first-order chi connectivity index (χ1) is 9.19. The van der Waals surface area contributed by atoms with Crippen LogP contribution in [0.2, 0.25) is 0 Å². The van der Waals surface area contributed by atoms with Crippen molar-refractivity contribution in [2.75, 3.05) is 26.2 Å². The summed E-state index contributed by atoms with van der Waals surface area (Å²) in [6.45, 7) is 1.74. The molecule has 0 radical (unpaired) electrons. The lowest BCUT2D eigenvalue weighted by Gasteiger charge is -2.17. The van der Waals surface area contributed by atoms with Crippen molar-refractivity contribution >= 4 is 18.5 Å². The number of carbonyl (C=O) groups is 1. The van der Waals surface area contributed by atoms with Crippen LogP contribution in [0.25, 0.3) is 0 Å². The van der Waals surface area contributed by atoms with Crippen molar-refractivity contribution < 1.29 is 15.0 Å². The maximum atomic E-state index is 11.6.